The number of halogens is 3. The molecule has 3 aromatic rings. The number of hydrogen-bond donors (Lipinski definition) is 2. The molecule has 1 heterocycles. The average molecular weight is 549 g/mol. The van der Waals surface area contributed by atoms with Gasteiger partial charge in [0.2, 0.25) is 11.8 Å². The average Bonchev–Trinajstić information content (AvgIpc) is 3.20. The van der Waals surface area contributed by atoms with Gasteiger partial charge in [0.15, 0.2) is 0 Å². The summed E-state index contributed by atoms with van der Waals surface area (Å²) in [6.07, 6.45) is 0.152. The molecule has 3 aromatic carbocycles. The van der Waals surface area contributed by atoms with Gasteiger partial charge in [-0.25, -0.2) is 0 Å². The number of hydrogen-bond acceptors (Lipinski definition) is 4. The lowest BCUT2D eigenvalue weighted by molar-refractivity contribution is -0.125. The Bertz CT molecular complexity index is 1180. The van der Waals surface area contributed by atoms with Crippen molar-refractivity contribution in [2.24, 2.45) is 5.92 Å². The first kappa shape index (κ1) is 23.4. The topological polar surface area (TPSA) is 70.7 Å². The van der Waals surface area contributed by atoms with Gasteiger partial charge >= 0.3 is 0 Å². The molecule has 0 unspecified atom stereocenters. The number of rotatable bonds is 7. The van der Waals surface area contributed by atoms with E-state index in [0.29, 0.717) is 28.0 Å². The second-order valence-corrected chi connectivity index (χ2v) is 9.28. The summed E-state index contributed by atoms with van der Waals surface area (Å²) >= 11 is 15.6. The van der Waals surface area contributed by atoms with E-state index in [9.17, 15) is 9.59 Å². The van der Waals surface area contributed by atoms with Crippen molar-refractivity contribution in [1.29, 1.82) is 0 Å². The Morgan fingerprint density at radius 1 is 1.09 bits per heavy atom. The van der Waals surface area contributed by atoms with Crippen molar-refractivity contribution in [3.8, 4) is 5.75 Å². The van der Waals surface area contributed by atoms with E-state index in [1.54, 1.807) is 35.2 Å². The van der Waals surface area contributed by atoms with Crippen LogP contribution >= 0.6 is 39.1 Å². The molecule has 6 nitrogen and oxygen atoms in total. The zero-order valence-electron chi connectivity index (χ0n) is 17.4. The number of nitrogens with zero attached hydrogens (tertiary/aromatic N) is 1. The van der Waals surface area contributed by atoms with E-state index in [4.69, 9.17) is 27.9 Å². The van der Waals surface area contributed by atoms with Gasteiger partial charge in [-0.2, -0.15) is 0 Å². The van der Waals surface area contributed by atoms with Crippen LogP contribution in [0.5, 0.6) is 5.75 Å². The fourth-order valence-corrected chi connectivity index (χ4v) is 4.32. The van der Waals surface area contributed by atoms with Crippen molar-refractivity contribution < 1.29 is 14.3 Å². The van der Waals surface area contributed by atoms with Crippen molar-refractivity contribution in [2.45, 2.75) is 13.0 Å². The smallest absolute Gasteiger partial charge is 0.243 e. The summed E-state index contributed by atoms with van der Waals surface area (Å²) in [6, 6.07) is 19.9. The number of amides is 2. The molecule has 4 rings (SSSR count). The summed E-state index contributed by atoms with van der Waals surface area (Å²) in [5.41, 5.74) is 7.76. The number of benzene rings is 3. The number of anilines is 2. The summed E-state index contributed by atoms with van der Waals surface area (Å²) in [4.78, 5) is 26.8. The molecule has 0 aromatic heterocycles. The summed E-state index contributed by atoms with van der Waals surface area (Å²) in [5, 5.41) is 1.06. The molecule has 2 amide bonds. The first-order valence-corrected chi connectivity index (χ1v) is 11.7. The fourth-order valence-electron chi connectivity index (χ4n) is 3.49. The van der Waals surface area contributed by atoms with Crippen molar-refractivity contribution in [1.82, 2.24) is 5.43 Å². The maximum atomic E-state index is 12.8. The molecule has 1 aliphatic heterocycles. The van der Waals surface area contributed by atoms with Gasteiger partial charge in [0.25, 0.3) is 0 Å². The zero-order chi connectivity index (χ0) is 23.4. The van der Waals surface area contributed by atoms with Gasteiger partial charge in [0, 0.05) is 38.7 Å². The van der Waals surface area contributed by atoms with Crippen LogP contribution in [0.2, 0.25) is 10.0 Å². The molecule has 1 atom stereocenters. The molecular formula is C24H20BrCl2N3O3. The normalized spacial score (nSPS) is 15.4. The van der Waals surface area contributed by atoms with Crippen LogP contribution in [-0.2, 0) is 16.2 Å². The third kappa shape index (κ3) is 5.79. The van der Waals surface area contributed by atoms with E-state index < -0.39 is 5.92 Å². The molecule has 170 valence electrons. The SMILES string of the molecule is O=C(NNc1cc(Br)ccc1OCc1ccc(Cl)cc1Cl)[C@H]1CC(=O)N(c2ccccc2)C1. The maximum absolute atomic E-state index is 12.8. The molecule has 1 saturated heterocycles. The standard InChI is InChI=1S/C24H20BrCl2N3O3/c25-17-7-9-22(33-14-15-6-8-18(26)12-20(15)27)21(11-17)28-29-24(32)16-10-23(31)30(13-16)19-4-2-1-3-5-19/h1-9,11-12,16,28H,10,13-14H2,(H,29,32)/t16-/m0/s1. The summed E-state index contributed by atoms with van der Waals surface area (Å²) in [5.74, 6) is -0.284. The molecule has 2 N–H and O–H groups in total. The van der Waals surface area contributed by atoms with Crippen LogP contribution in [0.15, 0.2) is 71.2 Å². The van der Waals surface area contributed by atoms with E-state index in [1.807, 2.05) is 36.4 Å². The molecule has 0 radical (unpaired) electrons. The van der Waals surface area contributed by atoms with Crippen LogP contribution in [-0.4, -0.2) is 18.4 Å². The van der Waals surface area contributed by atoms with E-state index in [2.05, 4.69) is 26.8 Å². The largest absolute Gasteiger partial charge is 0.487 e. The van der Waals surface area contributed by atoms with E-state index >= 15 is 0 Å². The van der Waals surface area contributed by atoms with E-state index in [1.165, 1.54) is 0 Å². The third-order valence-corrected chi connectivity index (χ3v) is 6.30. The second-order valence-electron chi connectivity index (χ2n) is 7.52. The number of nitrogens with one attached hydrogen (secondary N) is 2. The lowest BCUT2D eigenvalue weighted by Gasteiger charge is -2.18. The van der Waals surface area contributed by atoms with Crippen molar-refractivity contribution >= 4 is 62.3 Å². The second kappa shape index (κ2) is 10.5. The lowest BCUT2D eigenvalue weighted by Crippen LogP contribution is -2.36. The van der Waals surface area contributed by atoms with Crippen LogP contribution in [0.3, 0.4) is 0 Å². The molecule has 0 saturated carbocycles. The number of para-hydroxylation sites is 1. The highest BCUT2D eigenvalue weighted by atomic mass is 79.9. The summed E-state index contributed by atoms with van der Waals surface area (Å²) in [7, 11) is 0. The van der Waals surface area contributed by atoms with Gasteiger partial charge in [-0.1, -0.05) is 63.4 Å². The fraction of sp³-hybridized carbons (Fsp3) is 0.167. The number of carbonyl (C=O) groups excluding carboxylic acids is 2. The molecule has 0 bridgehead atoms. The summed E-state index contributed by atoms with van der Waals surface area (Å²) < 4.78 is 6.73. The highest BCUT2D eigenvalue weighted by Gasteiger charge is 2.35. The Morgan fingerprint density at radius 3 is 2.64 bits per heavy atom. The molecule has 1 fully saturated rings. The van der Waals surface area contributed by atoms with E-state index in [-0.39, 0.29) is 24.8 Å². The van der Waals surface area contributed by atoms with Crippen LogP contribution in [0.25, 0.3) is 0 Å². The molecule has 0 spiro atoms. The number of hydrazine groups is 1. The Kier molecular flexibility index (Phi) is 7.42. The van der Waals surface area contributed by atoms with Crippen molar-refractivity contribution in [3.63, 3.8) is 0 Å². The van der Waals surface area contributed by atoms with Crippen LogP contribution in [0.4, 0.5) is 11.4 Å². The zero-order valence-corrected chi connectivity index (χ0v) is 20.5. The minimum absolute atomic E-state index is 0.0762. The van der Waals surface area contributed by atoms with Gasteiger partial charge < -0.3 is 9.64 Å². The Balaban J connectivity index is 1.39. The predicted molar refractivity (Wildman–Crippen MR) is 134 cm³/mol. The highest BCUT2D eigenvalue weighted by Crippen LogP contribution is 2.30. The molecule has 33 heavy (non-hydrogen) atoms. The van der Waals surface area contributed by atoms with E-state index in [0.717, 1.165) is 15.7 Å². The third-order valence-electron chi connectivity index (χ3n) is 5.22. The molecule has 9 heteroatoms. The molecular weight excluding hydrogens is 529 g/mol. The maximum Gasteiger partial charge on any atom is 0.243 e. The van der Waals surface area contributed by atoms with Gasteiger partial charge in [-0.3, -0.25) is 20.4 Å². The predicted octanol–water partition coefficient (Wildman–Crippen LogP) is 5.83. The first-order chi connectivity index (χ1) is 15.9. The van der Waals surface area contributed by atoms with Gasteiger partial charge in [-0.05, 0) is 42.5 Å². The quantitative estimate of drug-likeness (QED) is 0.364. The Hall–Kier alpha value is -2.74. The van der Waals surface area contributed by atoms with Crippen molar-refractivity contribution in [2.75, 3.05) is 16.9 Å². The lowest BCUT2D eigenvalue weighted by atomic mass is 10.1. The summed E-state index contributed by atoms with van der Waals surface area (Å²) in [6.45, 7) is 0.552. The van der Waals surface area contributed by atoms with Gasteiger partial charge in [0.05, 0.1) is 11.6 Å². The Labute approximate surface area is 209 Å². The number of carbonyl (C=O) groups is 2. The number of ether oxygens (including phenoxy) is 1. The van der Waals surface area contributed by atoms with Crippen molar-refractivity contribution in [3.05, 3.63) is 86.8 Å². The van der Waals surface area contributed by atoms with Crippen LogP contribution < -0.4 is 20.5 Å². The minimum Gasteiger partial charge on any atom is -0.487 e. The van der Waals surface area contributed by atoms with Gasteiger partial charge in [-0.15, -0.1) is 0 Å². The monoisotopic (exact) mass is 547 g/mol. The molecule has 0 aliphatic carbocycles. The highest BCUT2D eigenvalue weighted by molar-refractivity contribution is 9.10. The van der Waals surface area contributed by atoms with Crippen LogP contribution in [0.1, 0.15) is 12.0 Å². The Morgan fingerprint density at radius 2 is 1.88 bits per heavy atom. The first-order valence-electron chi connectivity index (χ1n) is 10.2. The van der Waals surface area contributed by atoms with Crippen LogP contribution in [0, 0.1) is 5.92 Å². The molecule has 1 aliphatic rings. The van der Waals surface area contributed by atoms with Gasteiger partial charge in [0.1, 0.15) is 12.4 Å². The minimum atomic E-state index is -0.463.